The second-order valence-electron chi connectivity index (χ2n) is 9.10. The van der Waals surface area contributed by atoms with Gasteiger partial charge in [0.15, 0.2) is 5.96 Å². The first-order valence-electron chi connectivity index (χ1n) is 11.3. The zero-order chi connectivity index (χ0) is 22.8. The minimum atomic E-state index is -0.254. The van der Waals surface area contributed by atoms with Crippen LogP contribution in [0, 0.1) is 29.5 Å². The van der Waals surface area contributed by atoms with Crippen LogP contribution in [0.4, 0.5) is 4.39 Å². The van der Waals surface area contributed by atoms with E-state index in [-0.39, 0.29) is 71.3 Å². The Bertz CT molecular complexity index is 907. The van der Waals surface area contributed by atoms with Crippen LogP contribution in [0.25, 0.3) is 0 Å². The number of carbonyl (C=O) groups excluding carboxylic acids is 2. The first-order chi connectivity index (χ1) is 15.4. The molecule has 2 N–H and O–H groups in total. The highest BCUT2D eigenvalue weighted by Gasteiger charge is 2.58. The van der Waals surface area contributed by atoms with Crippen LogP contribution < -0.4 is 10.6 Å². The topological polar surface area (TPSA) is 77.0 Å². The summed E-state index contributed by atoms with van der Waals surface area (Å²) in [6.45, 7) is 1.57. The molecule has 3 aliphatic rings. The Morgan fingerprint density at radius 2 is 1.85 bits per heavy atom. The Balaban J connectivity index is 0.00000306. The predicted octanol–water partition coefficient (Wildman–Crippen LogP) is 2.41. The molecule has 0 aromatic heterocycles. The zero-order valence-electron chi connectivity index (χ0n) is 19.3. The summed E-state index contributed by atoms with van der Waals surface area (Å²) in [5, 5.41) is 6.53. The quantitative estimate of drug-likeness (QED) is 0.126. The number of imide groups is 1. The van der Waals surface area contributed by atoms with Gasteiger partial charge in [0.05, 0.1) is 17.9 Å². The van der Waals surface area contributed by atoms with Crippen molar-refractivity contribution in [3.8, 4) is 0 Å². The number of fused-ring (bicyclic) bond motifs is 5. The lowest BCUT2D eigenvalue weighted by atomic mass is 9.85. The number of likely N-dealkylation sites (N-methyl/N-ethyl adjacent to an activating group) is 1. The normalized spacial score (nSPS) is 26.6. The number of halogens is 2. The van der Waals surface area contributed by atoms with Crippen LogP contribution in [0.1, 0.15) is 24.4 Å². The lowest BCUT2D eigenvalue weighted by molar-refractivity contribution is -0.140. The number of likely N-dealkylation sites (tertiary alicyclic amines) is 1. The SMILES string of the molecule is CN=C(NCCCN1C(=O)C2C3C=CC(C3)C2C1=O)NCC(c1cccc(F)c1)N(C)C.I. The summed E-state index contributed by atoms with van der Waals surface area (Å²) < 4.78 is 13.6. The molecule has 0 radical (unpaired) electrons. The van der Waals surface area contributed by atoms with Crippen molar-refractivity contribution >= 4 is 41.8 Å². The van der Waals surface area contributed by atoms with E-state index in [1.165, 1.54) is 11.0 Å². The molecule has 0 spiro atoms. The van der Waals surface area contributed by atoms with Gasteiger partial charge >= 0.3 is 0 Å². The number of guanidine groups is 1. The van der Waals surface area contributed by atoms with Gasteiger partial charge in [0.2, 0.25) is 11.8 Å². The van der Waals surface area contributed by atoms with Crippen LogP contribution in [-0.2, 0) is 9.59 Å². The third-order valence-corrected chi connectivity index (χ3v) is 6.96. The van der Waals surface area contributed by atoms with Crippen molar-refractivity contribution in [3.63, 3.8) is 0 Å². The van der Waals surface area contributed by atoms with Crippen LogP contribution in [0.2, 0.25) is 0 Å². The third kappa shape index (κ3) is 5.24. The molecular formula is C24H33FIN5O2. The molecule has 1 heterocycles. The van der Waals surface area contributed by atoms with Gasteiger partial charge in [-0.1, -0.05) is 24.3 Å². The standard InChI is InChI=1S/C24H32FN5O2.HI/c1-26-24(28-14-19(29(2)3)15-6-4-7-18(25)13-15)27-10-5-11-30-22(31)20-16-8-9-17(12-16)21(20)23(30)32;/h4,6-9,13,16-17,19-21H,5,10-12,14H2,1-3H3,(H2,26,27,28);1H. The fourth-order valence-electron chi connectivity index (χ4n) is 5.35. The zero-order valence-corrected chi connectivity index (χ0v) is 21.7. The van der Waals surface area contributed by atoms with Crippen LogP contribution in [-0.4, -0.2) is 68.4 Å². The van der Waals surface area contributed by atoms with E-state index >= 15 is 0 Å². The number of hydrogen-bond acceptors (Lipinski definition) is 4. The maximum atomic E-state index is 13.6. The molecule has 180 valence electrons. The molecule has 1 aliphatic heterocycles. The monoisotopic (exact) mass is 569 g/mol. The largest absolute Gasteiger partial charge is 0.356 e. The van der Waals surface area contributed by atoms with E-state index in [9.17, 15) is 14.0 Å². The van der Waals surface area contributed by atoms with E-state index in [0.29, 0.717) is 32.0 Å². The van der Waals surface area contributed by atoms with Gasteiger partial charge in [-0.25, -0.2) is 4.39 Å². The van der Waals surface area contributed by atoms with E-state index in [0.717, 1.165) is 12.0 Å². The molecule has 2 fully saturated rings. The molecule has 5 unspecified atom stereocenters. The van der Waals surface area contributed by atoms with Crippen LogP contribution >= 0.6 is 24.0 Å². The van der Waals surface area contributed by atoms with Gasteiger partial charge < -0.3 is 15.5 Å². The summed E-state index contributed by atoms with van der Waals surface area (Å²) >= 11 is 0. The van der Waals surface area contributed by atoms with Crippen molar-refractivity contribution in [1.29, 1.82) is 0 Å². The van der Waals surface area contributed by atoms with Crippen molar-refractivity contribution in [2.75, 3.05) is 40.8 Å². The Kier molecular flexibility index (Phi) is 8.49. The smallest absolute Gasteiger partial charge is 0.233 e. The molecule has 1 saturated heterocycles. The van der Waals surface area contributed by atoms with Gasteiger partial charge in [-0.3, -0.25) is 19.5 Å². The Morgan fingerprint density at radius 1 is 1.18 bits per heavy atom. The van der Waals surface area contributed by atoms with Crippen molar-refractivity contribution in [2.24, 2.45) is 28.7 Å². The maximum absolute atomic E-state index is 13.6. The second kappa shape index (κ2) is 10.9. The Labute approximate surface area is 211 Å². The Hall–Kier alpha value is -2.01. The highest BCUT2D eigenvalue weighted by molar-refractivity contribution is 14.0. The average molecular weight is 569 g/mol. The number of rotatable bonds is 8. The molecule has 2 bridgehead atoms. The van der Waals surface area contributed by atoms with Crippen molar-refractivity contribution in [3.05, 3.63) is 47.8 Å². The molecule has 1 aromatic carbocycles. The number of amides is 2. The highest BCUT2D eigenvalue weighted by Crippen LogP contribution is 2.52. The van der Waals surface area contributed by atoms with Crippen LogP contribution in [0.3, 0.4) is 0 Å². The van der Waals surface area contributed by atoms with Crippen LogP contribution in [0.15, 0.2) is 41.4 Å². The molecule has 1 saturated carbocycles. The molecule has 2 amide bonds. The number of aliphatic imine (C=N–C) groups is 1. The summed E-state index contributed by atoms with van der Waals surface area (Å²) in [5.74, 6) is 0.607. The molecule has 4 rings (SSSR count). The predicted molar refractivity (Wildman–Crippen MR) is 137 cm³/mol. The van der Waals surface area contributed by atoms with E-state index in [1.54, 1.807) is 19.2 Å². The first kappa shape index (κ1) is 25.6. The Morgan fingerprint density at radius 3 is 2.42 bits per heavy atom. The molecule has 2 aliphatic carbocycles. The second-order valence-corrected chi connectivity index (χ2v) is 9.10. The number of benzene rings is 1. The third-order valence-electron chi connectivity index (χ3n) is 6.96. The van der Waals surface area contributed by atoms with E-state index < -0.39 is 0 Å². The van der Waals surface area contributed by atoms with Gasteiger partial charge in [-0.15, -0.1) is 24.0 Å². The molecule has 1 aromatic rings. The summed E-state index contributed by atoms with van der Waals surface area (Å²) in [5.41, 5.74) is 0.887. The van der Waals surface area contributed by atoms with Gasteiger partial charge in [0.1, 0.15) is 5.82 Å². The lowest BCUT2D eigenvalue weighted by Gasteiger charge is -2.26. The minimum Gasteiger partial charge on any atom is -0.356 e. The van der Waals surface area contributed by atoms with Crippen molar-refractivity contribution in [1.82, 2.24) is 20.4 Å². The summed E-state index contributed by atoms with van der Waals surface area (Å²) in [6, 6.07) is 6.59. The fourth-order valence-corrected chi connectivity index (χ4v) is 5.35. The summed E-state index contributed by atoms with van der Waals surface area (Å²) in [7, 11) is 5.60. The molecule has 33 heavy (non-hydrogen) atoms. The number of hydrogen-bond donors (Lipinski definition) is 2. The summed E-state index contributed by atoms with van der Waals surface area (Å²) in [6.07, 6.45) is 5.83. The lowest BCUT2D eigenvalue weighted by Crippen LogP contribution is -2.43. The molecule has 5 atom stereocenters. The number of nitrogens with one attached hydrogen (secondary N) is 2. The maximum Gasteiger partial charge on any atom is 0.233 e. The van der Waals surface area contributed by atoms with E-state index in [2.05, 4.69) is 27.8 Å². The number of carbonyl (C=O) groups is 2. The average Bonchev–Trinajstić information content (AvgIpc) is 3.44. The van der Waals surface area contributed by atoms with Gasteiger partial charge in [-0.05, 0) is 56.5 Å². The number of nitrogens with zero attached hydrogens (tertiary/aromatic N) is 3. The van der Waals surface area contributed by atoms with Crippen molar-refractivity contribution < 1.29 is 14.0 Å². The van der Waals surface area contributed by atoms with Gasteiger partial charge in [0.25, 0.3) is 0 Å². The fraction of sp³-hybridized carbons (Fsp3) is 0.542. The van der Waals surface area contributed by atoms with Crippen molar-refractivity contribution in [2.45, 2.75) is 18.9 Å². The van der Waals surface area contributed by atoms with Gasteiger partial charge in [-0.2, -0.15) is 0 Å². The van der Waals surface area contributed by atoms with E-state index in [1.807, 2.05) is 25.1 Å². The minimum absolute atomic E-state index is 0. The highest BCUT2D eigenvalue weighted by atomic mass is 127. The molecule has 7 nitrogen and oxygen atoms in total. The first-order valence-corrected chi connectivity index (χ1v) is 11.3. The van der Waals surface area contributed by atoms with Crippen LogP contribution in [0.5, 0.6) is 0 Å². The van der Waals surface area contributed by atoms with Gasteiger partial charge in [0, 0.05) is 26.7 Å². The summed E-state index contributed by atoms with van der Waals surface area (Å²) in [4.78, 5) is 33.3. The molecule has 9 heteroatoms. The molecular weight excluding hydrogens is 536 g/mol. The number of allylic oxidation sites excluding steroid dienone is 2. The van der Waals surface area contributed by atoms with E-state index in [4.69, 9.17) is 0 Å².